The van der Waals surface area contributed by atoms with Gasteiger partial charge < -0.3 is 0 Å². The SMILES string of the molecule is CCCCCS(CC)(CCCCC)OP(=O)(F)OS(CC)(CCCCC)CCCCC. The molecule has 0 atom stereocenters. The van der Waals surface area contributed by atoms with Crippen LogP contribution in [0.25, 0.3) is 0 Å². The summed E-state index contributed by atoms with van der Waals surface area (Å²) in [6, 6.07) is 0. The van der Waals surface area contributed by atoms with Gasteiger partial charge in [-0.3, -0.25) is 0 Å². The molecule has 0 radical (unpaired) electrons. The molecule has 7 heteroatoms. The highest BCUT2D eigenvalue weighted by molar-refractivity contribution is 8.33. The molecule has 31 heavy (non-hydrogen) atoms. The Labute approximate surface area is 198 Å². The van der Waals surface area contributed by atoms with Gasteiger partial charge in [0.1, 0.15) is 0 Å². The Balaban J connectivity index is 5.51. The maximum atomic E-state index is 15.6. The van der Waals surface area contributed by atoms with Crippen molar-refractivity contribution in [2.45, 2.75) is 119 Å². The summed E-state index contributed by atoms with van der Waals surface area (Å²) in [5.41, 5.74) is 0. The van der Waals surface area contributed by atoms with E-state index in [2.05, 4.69) is 41.5 Å². The van der Waals surface area contributed by atoms with Crippen LogP contribution in [0.15, 0.2) is 0 Å². The van der Waals surface area contributed by atoms with Crippen molar-refractivity contribution in [2.24, 2.45) is 0 Å². The van der Waals surface area contributed by atoms with Crippen molar-refractivity contribution in [3.63, 3.8) is 0 Å². The quantitative estimate of drug-likeness (QED) is 0.109. The highest BCUT2D eigenvalue weighted by Crippen LogP contribution is 2.73. The number of hydrogen-bond donors (Lipinski definition) is 0. The van der Waals surface area contributed by atoms with E-state index in [1.807, 2.05) is 0 Å². The van der Waals surface area contributed by atoms with E-state index < -0.39 is 28.5 Å². The number of halogens is 1. The minimum Gasteiger partial charge on any atom is -0.233 e. The molecule has 0 rings (SSSR count). The zero-order valence-electron chi connectivity index (χ0n) is 21.6. The summed E-state index contributed by atoms with van der Waals surface area (Å²) in [6.45, 7) is 12.9. The van der Waals surface area contributed by atoms with Gasteiger partial charge in [0.15, 0.2) is 0 Å². The van der Waals surface area contributed by atoms with E-state index in [0.29, 0.717) is 0 Å². The minimum absolute atomic E-state index is 0.762. The van der Waals surface area contributed by atoms with Gasteiger partial charge >= 0.3 is 7.91 Å². The lowest BCUT2D eigenvalue weighted by Gasteiger charge is -2.43. The molecular weight excluding hydrogens is 450 g/mol. The van der Waals surface area contributed by atoms with E-state index in [-0.39, 0.29) is 0 Å². The third-order valence-electron chi connectivity index (χ3n) is 6.03. The third kappa shape index (κ3) is 13.9. The Hall–Kier alpha value is 0.780. The zero-order chi connectivity index (χ0) is 23.6. The maximum absolute atomic E-state index is 15.6. The molecule has 0 N–H and O–H groups in total. The van der Waals surface area contributed by atoms with Crippen LogP contribution in [0.5, 0.6) is 0 Å². The predicted octanol–water partition coefficient (Wildman–Crippen LogP) is 10.3. The van der Waals surface area contributed by atoms with Gasteiger partial charge in [0.05, 0.1) is 0 Å². The molecule has 192 valence electrons. The van der Waals surface area contributed by atoms with Gasteiger partial charge in [-0.25, -0.2) is 12.5 Å². The Bertz CT molecular complexity index is 422. The largest absolute Gasteiger partial charge is 0.532 e. The van der Waals surface area contributed by atoms with Crippen LogP contribution in [0.1, 0.15) is 119 Å². The Kier molecular flexibility index (Phi) is 18.6. The van der Waals surface area contributed by atoms with Crippen LogP contribution in [0.3, 0.4) is 0 Å². The van der Waals surface area contributed by atoms with Crippen LogP contribution in [0, 0.1) is 0 Å². The summed E-state index contributed by atoms with van der Waals surface area (Å²) < 4.78 is 40.9. The van der Waals surface area contributed by atoms with E-state index in [0.717, 1.165) is 112 Å². The van der Waals surface area contributed by atoms with E-state index in [9.17, 15) is 4.57 Å². The lowest BCUT2D eigenvalue weighted by atomic mass is 10.3. The average molecular weight is 505 g/mol. The van der Waals surface area contributed by atoms with Crippen molar-refractivity contribution < 1.29 is 16.7 Å². The zero-order valence-corrected chi connectivity index (χ0v) is 24.1. The summed E-state index contributed by atoms with van der Waals surface area (Å²) in [7, 11) is -8.02. The van der Waals surface area contributed by atoms with Crippen LogP contribution in [-0.2, 0) is 12.5 Å². The lowest BCUT2D eigenvalue weighted by molar-refractivity contribution is 0.364. The first kappa shape index (κ1) is 31.8. The summed E-state index contributed by atoms with van der Waals surface area (Å²) in [6.07, 6.45) is 13.0. The van der Waals surface area contributed by atoms with Crippen LogP contribution >= 0.6 is 28.5 Å². The minimum atomic E-state index is -4.59. The molecule has 0 aliphatic rings. The Morgan fingerprint density at radius 2 is 0.806 bits per heavy atom. The van der Waals surface area contributed by atoms with Crippen LogP contribution in [-0.4, -0.2) is 34.5 Å². The first-order chi connectivity index (χ1) is 14.8. The molecule has 0 aromatic carbocycles. The normalized spacial score (nSPS) is 14.2. The van der Waals surface area contributed by atoms with Gasteiger partial charge in [-0.1, -0.05) is 92.9 Å². The van der Waals surface area contributed by atoms with Gasteiger partial charge in [-0.05, 0) is 60.2 Å². The van der Waals surface area contributed by atoms with Crippen molar-refractivity contribution >= 4 is 28.5 Å². The molecule has 0 saturated heterocycles. The van der Waals surface area contributed by atoms with Crippen LogP contribution in [0.2, 0.25) is 0 Å². The highest BCUT2D eigenvalue weighted by Gasteiger charge is 2.41. The molecule has 0 aromatic rings. The second-order valence-corrected chi connectivity index (χ2v) is 17.4. The Morgan fingerprint density at radius 3 is 1.00 bits per heavy atom. The molecule has 0 aliphatic carbocycles. The van der Waals surface area contributed by atoms with Gasteiger partial charge in [-0.15, -0.1) is 24.8 Å². The van der Waals surface area contributed by atoms with Crippen molar-refractivity contribution in [2.75, 3.05) is 34.5 Å². The molecule has 0 spiro atoms. The molecule has 0 heterocycles. The summed E-state index contributed by atoms with van der Waals surface area (Å²) in [4.78, 5) is 0. The molecule has 0 fully saturated rings. The van der Waals surface area contributed by atoms with Crippen molar-refractivity contribution in [1.29, 1.82) is 0 Å². The average Bonchev–Trinajstić information content (AvgIpc) is 2.73. The van der Waals surface area contributed by atoms with E-state index in [4.69, 9.17) is 7.94 Å². The summed E-state index contributed by atoms with van der Waals surface area (Å²) >= 11 is 0. The van der Waals surface area contributed by atoms with Gasteiger partial charge in [0.25, 0.3) is 0 Å². The molecule has 0 amide bonds. The van der Waals surface area contributed by atoms with E-state index in [1.165, 1.54) is 0 Å². The summed E-state index contributed by atoms with van der Waals surface area (Å²) in [5.74, 6) is 4.91. The fraction of sp³-hybridized carbons (Fsp3) is 1.00. The number of rotatable bonds is 22. The van der Waals surface area contributed by atoms with Crippen molar-refractivity contribution in [1.82, 2.24) is 0 Å². The van der Waals surface area contributed by atoms with Gasteiger partial charge in [0, 0.05) is 0 Å². The van der Waals surface area contributed by atoms with E-state index in [1.54, 1.807) is 0 Å². The second kappa shape index (κ2) is 18.2. The fourth-order valence-electron chi connectivity index (χ4n) is 3.89. The molecule has 0 saturated carbocycles. The van der Waals surface area contributed by atoms with Crippen molar-refractivity contribution in [3.05, 3.63) is 0 Å². The fourth-order valence-corrected chi connectivity index (χ4v) is 13.8. The predicted molar refractivity (Wildman–Crippen MR) is 145 cm³/mol. The number of hydrogen-bond acceptors (Lipinski definition) is 3. The smallest absolute Gasteiger partial charge is 0.233 e. The molecular formula is C24H54FO3PS2. The molecule has 0 bridgehead atoms. The molecule has 0 aliphatic heterocycles. The van der Waals surface area contributed by atoms with E-state index >= 15 is 4.20 Å². The first-order valence-electron chi connectivity index (χ1n) is 13.0. The standard InChI is InChI=1S/C24H54FO3PS2/c1-7-13-17-21-30(11-5,22-18-14-8-2)27-29(25,26)28-31(12-6,23-19-15-9-3)24-20-16-10-4/h7-24H2,1-6H3. The summed E-state index contributed by atoms with van der Waals surface area (Å²) in [5, 5.41) is 0. The van der Waals surface area contributed by atoms with Crippen LogP contribution in [0.4, 0.5) is 4.20 Å². The van der Waals surface area contributed by atoms with Crippen LogP contribution < -0.4 is 0 Å². The van der Waals surface area contributed by atoms with Gasteiger partial charge in [-0.2, -0.15) is 0 Å². The van der Waals surface area contributed by atoms with Crippen molar-refractivity contribution in [3.8, 4) is 0 Å². The number of unbranched alkanes of at least 4 members (excludes halogenated alkanes) is 8. The lowest BCUT2D eigenvalue weighted by Crippen LogP contribution is -2.18. The van der Waals surface area contributed by atoms with Gasteiger partial charge in [0.2, 0.25) is 0 Å². The first-order valence-corrected chi connectivity index (χ1v) is 18.6. The second-order valence-electron chi connectivity index (χ2n) is 8.73. The molecule has 0 aromatic heterocycles. The molecule has 3 nitrogen and oxygen atoms in total. The Morgan fingerprint density at radius 1 is 0.548 bits per heavy atom. The topological polar surface area (TPSA) is 35.5 Å². The maximum Gasteiger partial charge on any atom is 0.532 e. The monoisotopic (exact) mass is 504 g/mol. The highest BCUT2D eigenvalue weighted by atomic mass is 32.3. The molecule has 0 unspecified atom stereocenters. The third-order valence-corrected chi connectivity index (χ3v) is 16.2.